The van der Waals surface area contributed by atoms with E-state index >= 15 is 0 Å². The van der Waals surface area contributed by atoms with Gasteiger partial charge in [0.2, 0.25) is 5.88 Å². The van der Waals surface area contributed by atoms with Crippen LogP contribution >= 0.6 is 11.6 Å². The van der Waals surface area contributed by atoms with Gasteiger partial charge in [-0.15, -0.1) is 0 Å². The molecule has 1 N–H and O–H groups in total. The highest BCUT2D eigenvalue weighted by molar-refractivity contribution is 7.85. The quantitative estimate of drug-likeness (QED) is 0.573. The summed E-state index contributed by atoms with van der Waals surface area (Å²) in [6.45, 7) is 4.24. The predicted octanol–water partition coefficient (Wildman–Crippen LogP) is 2.42. The van der Waals surface area contributed by atoms with Crippen LogP contribution in [0.15, 0.2) is 36.5 Å². The van der Waals surface area contributed by atoms with Crippen molar-refractivity contribution in [2.45, 2.75) is 25.9 Å². The van der Waals surface area contributed by atoms with Crippen molar-refractivity contribution in [3.8, 4) is 5.88 Å². The molecule has 1 amide bonds. The molecule has 32 heavy (non-hydrogen) atoms. The molecule has 1 aliphatic rings. The minimum Gasteiger partial charge on any atom is -0.467 e. The second-order valence-electron chi connectivity index (χ2n) is 7.74. The third kappa shape index (κ3) is 7.13. The molecule has 1 fully saturated rings. The summed E-state index contributed by atoms with van der Waals surface area (Å²) < 4.78 is 49.7. The number of pyridine rings is 1. The van der Waals surface area contributed by atoms with E-state index in [-0.39, 0.29) is 36.7 Å². The van der Waals surface area contributed by atoms with Gasteiger partial charge in [-0.25, -0.2) is 9.37 Å². The van der Waals surface area contributed by atoms with E-state index in [0.717, 1.165) is 5.56 Å². The molecule has 1 aromatic carbocycles. The SMILES string of the molecule is C[C@@H]1CN(Cc2ccc(F)cc2)CCN1C(=O)COc1ncc(Cl)cc1CCS(=O)(=O)O. The molecule has 1 saturated heterocycles. The van der Waals surface area contributed by atoms with Crippen LogP contribution in [0, 0.1) is 5.82 Å². The zero-order chi connectivity index (χ0) is 23.3. The molecule has 8 nitrogen and oxygen atoms in total. The van der Waals surface area contributed by atoms with Gasteiger partial charge in [-0.3, -0.25) is 14.2 Å². The Kier molecular flexibility index (Phi) is 8.05. The number of aryl methyl sites for hydroxylation is 1. The van der Waals surface area contributed by atoms with Gasteiger partial charge >= 0.3 is 0 Å². The van der Waals surface area contributed by atoms with Crippen molar-refractivity contribution in [2.75, 3.05) is 32.0 Å². The number of nitrogens with zero attached hydrogens (tertiary/aromatic N) is 3. The standard InChI is InChI=1S/C21H25ClFN3O5S/c1-15-12-25(13-16-2-4-19(23)5-3-16)7-8-26(15)20(27)14-31-21-17(6-9-32(28,29)30)10-18(22)11-24-21/h2-5,10-11,15H,6-9,12-14H2,1H3,(H,28,29,30)/t15-/m1/s1. The number of piperazine rings is 1. The first-order valence-electron chi connectivity index (χ1n) is 10.1. The molecule has 1 aromatic heterocycles. The zero-order valence-electron chi connectivity index (χ0n) is 17.6. The van der Waals surface area contributed by atoms with E-state index in [1.807, 2.05) is 6.92 Å². The molecule has 3 rings (SSSR count). The molecule has 1 atom stereocenters. The first-order chi connectivity index (χ1) is 15.1. The fourth-order valence-electron chi connectivity index (χ4n) is 3.62. The third-order valence-electron chi connectivity index (χ3n) is 5.21. The highest BCUT2D eigenvalue weighted by Crippen LogP contribution is 2.21. The summed E-state index contributed by atoms with van der Waals surface area (Å²) in [5.41, 5.74) is 1.40. The van der Waals surface area contributed by atoms with Gasteiger partial charge in [-0.1, -0.05) is 23.7 Å². The first kappa shape index (κ1) is 24.4. The Balaban J connectivity index is 1.55. The maximum atomic E-state index is 13.1. The fraction of sp³-hybridized carbons (Fsp3) is 0.429. The lowest BCUT2D eigenvalue weighted by molar-refractivity contribution is -0.138. The van der Waals surface area contributed by atoms with Gasteiger partial charge in [0.05, 0.1) is 10.8 Å². The van der Waals surface area contributed by atoms with Crippen LogP contribution in [0.2, 0.25) is 5.02 Å². The van der Waals surface area contributed by atoms with Crippen LogP contribution in [0.4, 0.5) is 4.39 Å². The number of hydrogen-bond donors (Lipinski definition) is 1. The molecular formula is C21H25ClFN3O5S. The maximum absolute atomic E-state index is 13.1. The van der Waals surface area contributed by atoms with Crippen molar-refractivity contribution in [1.82, 2.24) is 14.8 Å². The molecule has 174 valence electrons. The summed E-state index contributed by atoms with van der Waals surface area (Å²) in [4.78, 5) is 20.7. The minimum absolute atomic E-state index is 0.0440. The van der Waals surface area contributed by atoms with Gasteiger partial charge in [-0.05, 0) is 37.1 Å². The number of carbonyl (C=O) groups excluding carboxylic acids is 1. The van der Waals surface area contributed by atoms with E-state index in [1.54, 1.807) is 17.0 Å². The summed E-state index contributed by atoms with van der Waals surface area (Å²) >= 11 is 5.92. The van der Waals surface area contributed by atoms with Crippen LogP contribution in [0.25, 0.3) is 0 Å². The topological polar surface area (TPSA) is 100 Å². The maximum Gasteiger partial charge on any atom is 0.265 e. The van der Waals surface area contributed by atoms with Crippen LogP contribution in [-0.2, 0) is 27.9 Å². The number of halogens is 2. The molecule has 0 spiro atoms. The molecular weight excluding hydrogens is 461 g/mol. The van der Waals surface area contributed by atoms with Gasteiger partial charge in [0.25, 0.3) is 16.0 Å². The number of amides is 1. The van der Waals surface area contributed by atoms with Crippen LogP contribution in [0.5, 0.6) is 5.88 Å². The Morgan fingerprint density at radius 3 is 2.69 bits per heavy atom. The summed E-state index contributed by atoms with van der Waals surface area (Å²) in [5, 5.41) is 0.292. The lowest BCUT2D eigenvalue weighted by atomic mass is 10.1. The lowest BCUT2D eigenvalue weighted by Crippen LogP contribution is -2.54. The summed E-state index contributed by atoms with van der Waals surface area (Å²) in [5.74, 6) is -0.883. The van der Waals surface area contributed by atoms with E-state index in [4.69, 9.17) is 20.9 Å². The Morgan fingerprint density at radius 1 is 1.31 bits per heavy atom. The Bertz CT molecular complexity index is 1050. The monoisotopic (exact) mass is 485 g/mol. The molecule has 2 aromatic rings. The Morgan fingerprint density at radius 2 is 2.03 bits per heavy atom. The lowest BCUT2D eigenvalue weighted by Gasteiger charge is -2.39. The van der Waals surface area contributed by atoms with Gasteiger partial charge in [0.1, 0.15) is 5.82 Å². The number of ether oxygens (including phenoxy) is 1. The van der Waals surface area contributed by atoms with Crippen molar-refractivity contribution in [2.24, 2.45) is 0 Å². The molecule has 1 aliphatic heterocycles. The highest BCUT2D eigenvalue weighted by Gasteiger charge is 2.28. The number of carbonyl (C=O) groups is 1. The third-order valence-corrected chi connectivity index (χ3v) is 6.13. The molecule has 0 aliphatic carbocycles. The zero-order valence-corrected chi connectivity index (χ0v) is 19.1. The summed E-state index contributed by atoms with van der Waals surface area (Å²) in [7, 11) is -4.16. The molecule has 2 heterocycles. The number of benzene rings is 1. The van der Waals surface area contributed by atoms with Crippen molar-refractivity contribution in [3.05, 3.63) is 58.5 Å². The van der Waals surface area contributed by atoms with Crippen LogP contribution in [-0.4, -0.2) is 71.7 Å². The van der Waals surface area contributed by atoms with Gasteiger partial charge in [0, 0.05) is 44.0 Å². The van der Waals surface area contributed by atoms with E-state index in [9.17, 15) is 17.6 Å². The molecule has 0 bridgehead atoms. The minimum atomic E-state index is -4.16. The average Bonchev–Trinajstić information content (AvgIpc) is 2.72. The van der Waals surface area contributed by atoms with Crippen molar-refractivity contribution in [3.63, 3.8) is 0 Å². The van der Waals surface area contributed by atoms with Gasteiger partial charge < -0.3 is 9.64 Å². The first-order valence-corrected chi connectivity index (χ1v) is 12.1. The van der Waals surface area contributed by atoms with Crippen molar-refractivity contribution in [1.29, 1.82) is 0 Å². The highest BCUT2D eigenvalue weighted by atomic mass is 35.5. The number of rotatable bonds is 8. The molecule has 0 saturated carbocycles. The fourth-order valence-corrected chi connectivity index (χ4v) is 4.28. The second-order valence-corrected chi connectivity index (χ2v) is 9.75. The largest absolute Gasteiger partial charge is 0.467 e. The van der Waals surface area contributed by atoms with Crippen LogP contribution < -0.4 is 4.74 Å². The van der Waals surface area contributed by atoms with Gasteiger partial charge in [-0.2, -0.15) is 8.42 Å². The van der Waals surface area contributed by atoms with Gasteiger partial charge in [0.15, 0.2) is 6.61 Å². The van der Waals surface area contributed by atoms with Crippen molar-refractivity contribution < 1.29 is 26.9 Å². The second kappa shape index (κ2) is 10.6. The predicted molar refractivity (Wildman–Crippen MR) is 118 cm³/mol. The summed E-state index contributed by atoms with van der Waals surface area (Å²) in [6, 6.07) is 7.83. The van der Waals surface area contributed by atoms with Crippen LogP contribution in [0.1, 0.15) is 18.1 Å². The normalized spacial score (nSPS) is 17.4. The smallest absolute Gasteiger partial charge is 0.265 e. The van der Waals surface area contributed by atoms with E-state index in [2.05, 4.69) is 9.88 Å². The average molecular weight is 486 g/mol. The molecule has 11 heteroatoms. The number of hydrogen-bond acceptors (Lipinski definition) is 6. The Labute approximate surface area is 191 Å². The van der Waals surface area contributed by atoms with Crippen LogP contribution in [0.3, 0.4) is 0 Å². The van der Waals surface area contributed by atoms with E-state index in [1.165, 1.54) is 24.4 Å². The van der Waals surface area contributed by atoms with E-state index in [0.29, 0.717) is 36.8 Å². The number of aromatic nitrogens is 1. The summed E-state index contributed by atoms with van der Waals surface area (Å²) in [6.07, 6.45) is 1.30. The molecule has 0 radical (unpaired) electrons. The Hall–Kier alpha value is -2.27. The van der Waals surface area contributed by atoms with E-state index < -0.39 is 15.9 Å². The van der Waals surface area contributed by atoms with Crippen molar-refractivity contribution >= 4 is 27.6 Å². The molecule has 0 unspecified atom stereocenters.